The molecule has 1 saturated heterocycles. The number of aliphatic carboxylic acids is 1. The van der Waals surface area contributed by atoms with Crippen molar-refractivity contribution in [1.29, 1.82) is 0 Å². The minimum atomic E-state index is -0.693. The van der Waals surface area contributed by atoms with Gasteiger partial charge in [0.25, 0.3) is 0 Å². The highest BCUT2D eigenvalue weighted by Crippen LogP contribution is 2.33. The maximum absolute atomic E-state index is 11.6. The lowest BCUT2D eigenvalue weighted by Crippen LogP contribution is -2.41. The smallest absolute Gasteiger partial charge is 0.307 e. The fraction of sp³-hybridized carbons (Fsp3) is 0.333. The number of likely N-dealkylation sites (tertiary alicyclic amines) is 1. The number of carboxylic acid groups (broad SMARTS) is 1. The van der Waals surface area contributed by atoms with Crippen molar-refractivity contribution in [3.05, 3.63) is 77.5 Å². The van der Waals surface area contributed by atoms with Crippen molar-refractivity contribution in [3.8, 4) is 0 Å². The number of carboxylic acids is 1. The van der Waals surface area contributed by atoms with Crippen LogP contribution in [0.1, 0.15) is 42.5 Å². The second kappa shape index (κ2) is 8.11. The van der Waals surface area contributed by atoms with E-state index in [2.05, 4.69) is 53.2 Å². The first-order chi connectivity index (χ1) is 13.7. The van der Waals surface area contributed by atoms with E-state index in [-0.39, 0.29) is 12.0 Å². The summed E-state index contributed by atoms with van der Waals surface area (Å²) < 4.78 is 0. The number of fused-ring (bicyclic) bond motifs is 1. The van der Waals surface area contributed by atoms with Gasteiger partial charge in [-0.25, -0.2) is 0 Å². The third-order valence-corrected chi connectivity index (χ3v) is 5.80. The minimum absolute atomic E-state index is 0.0187. The summed E-state index contributed by atoms with van der Waals surface area (Å²) >= 11 is 0. The first-order valence-electron chi connectivity index (χ1n) is 10.1. The number of aryl methyl sites for hydroxylation is 1. The Labute approximate surface area is 165 Å². The molecule has 3 aromatic rings. The minimum Gasteiger partial charge on any atom is -0.481 e. The largest absolute Gasteiger partial charge is 0.481 e. The van der Waals surface area contributed by atoms with Gasteiger partial charge in [-0.2, -0.15) is 0 Å². The molecule has 1 aliphatic rings. The number of aromatic nitrogens is 1. The van der Waals surface area contributed by atoms with E-state index >= 15 is 0 Å². The van der Waals surface area contributed by atoms with Gasteiger partial charge in [-0.05, 0) is 54.6 Å². The van der Waals surface area contributed by atoms with Crippen LogP contribution in [-0.4, -0.2) is 34.0 Å². The van der Waals surface area contributed by atoms with Crippen LogP contribution >= 0.6 is 0 Å². The molecule has 2 aromatic carbocycles. The molecule has 2 atom stereocenters. The van der Waals surface area contributed by atoms with Gasteiger partial charge in [0, 0.05) is 18.1 Å². The first-order valence-corrected chi connectivity index (χ1v) is 10.1. The van der Waals surface area contributed by atoms with Crippen LogP contribution in [0.25, 0.3) is 10.9 Å². The molecule has 0 spiro atoms. The fourth-order valence-electron chi connectivity index (χ4n) is 4.23. The summed E-state index contributed by atoms with van der Waals surface area (Å²) in [4.78, 5) is 18.6. The van der Waals surface area contributed by atoms with Gasteiger partial charge in [-0.15, -0.1) is 0 Å². The van der Waals surface area contributed by atoms with Crippen LogP contribution in [0.5, 0.6) is 0 Å². The molecule has 0 amide bonds. The third-order valence-electron chi connectivity index (χ3n) is 5.80. The SMILES string of the molecule is CCc1ccc(C(c2cnc3ccccc3c2)N2CCCC(C(=O)O)C2)cc1. The van der Waals surface area contributed by atoms with Gasteiger partial charge in [-0.1, -0.05) is 49.4 Å². The fourth-order valence-corrected chi connectivity index (χ4v) is 4.23. The summed E-state index contributed by atoms with van der Waals surface area (Å²) in [5.41, 5.74) is 4.60. The predicted molar refractivity (Wildman–Crippen MR) is 111 cm³/mol. The Hall–Kier alpha value is -2.72. The molecule has 2 unspecified atom stereocenters. The zero-order chi connectivity index (χ0) is 19.5. The molecule has 28 heavy (non-hydrogen) atoms. The molecule has 2 heterocycles. The van der Waals surface area contributed by atoms with E-state index in [1.54, 1.807) is 0 Å². The maximum Gasteiger partial charge on any atom is 0.307 e. The van der Waals surface area contributed by atoms with Crippen LogP contribution in [0, 0.1) is 5.92 Å². The van der Waals surface area contributed by atoms with Crippen molar-refractivity contribution >= 4 is 16.9 Å². The molecule has 1 N–H and O–H groups in total. The summed E-state index contributed by atoms with van der Waals surface area (Å²) in [7, 11) is 0. The number of pyridine rings is 1. The number of nitrogens with zero attached hydrogens (tertiary/aromatic N) is 2. The number of carbonyl (C=O) groups is 1. The molecule has 0 saturated carbocycles. The Kier molecular flexibility index (Phi) is 5.40. The van der Waals surface area contributed by atoms with Crippen molar-refractivity contribution < 1.29 is 9.90 Å². The highest BCUT2D eigenvalue weighted by Gasteiger charge is 2.31. The predicted octanol–water partition coefficient (Wildman–Crippen LogP) is 4.68. The van der Waals surface area contributed by atoms with Gasteiger partial charge in [0.15, 0.2) is 0 Å². The van der Waals surface area contributed by atoms with E-state index in [1.165, 1.54) is 11.1 Å². The Morgan fingerprint density at radius 2 is 1.96 bits per heavy atom. The Balaban J connectivity index is 1.76. The Bertz CT molecular complexity index is 968. The van der Waals surface area contributed by atoms with Gasteiger partial charge in [0.1, 0.15) is 0 Å². The molecule has 0 aliphatic carbocycles. The van der Waals surface area contributed by atoms with Gasteiger partial charge in [0.05, 0.1) is 17.5 Å². The summed E-state index contributed by atoms with van der Waals surface area (Å²) in [5.74, 6) is -0.999. The van der Waals surface area contributed by atoms with Gasteiger partial charge >= 0.3 is 5.97 Å². The van der Waals surface area contributed by atoms with Crippen molar-refractivity contribution in [3.63, 3.8) is 0 Å². The molecule has 1 aromatic heterocycles. The highest BCUT2D eigenvalue weighted by atomic mass is 16.4. The number of hydrogen-bond donors (Lipinski definition) is 1. The molecule has 0 bridgehead atoms. The summed E-state index contributed by atoms with van der Waals surface area (Å²) in [6.07, 6.45) is 4.61. The van der Waals surface area contributed by atoms with Crippen LogP contribution < -0.4 is 0 Å². The average molecular weight is 374 g/mol. The lowest BCUT2D eigenvalue weighted by atomic mass is 9.91. The van der Waals surface area contributed by atoms with E-state index in [9.17, 15) is 9.90 Å². The molecule has 1 fully saturated rings. The summed E-state index contributed by atoms with van der Waals surface area (Å²) in [5, 5.41) is 10.7. The third kappa shape index (κ3) is 3.78. The summed E-state index contributed by atoms with van der Waals surface area (Å²) in [6.45, 7) is 3.63. The zero-order valence-electron chi connectivity index (χ0n) is 16.2. The van der Waals surface area contributed by atoms with Gasteiger partial charge in [-0.3, -0.25) is 14.7 Å². The van der Waals surface area contributed by atoms with E-state index in [1.807, 2.05) is 24.4 Å². The van der Waals surface area contributed by atoms with E-state index in [0.29, 0.717) is 6.54 Å². The van der Waals surface area contributed by atoms with Crippen molar-refractivity contribution in [2.24, 2.45) is 5.92 Å². The molecule has 4 nitrogen and oxygen atoms in total. The van der Waals surface area contributed by atoms with Crippen molar-refractivity contribution in [1.82, 2.24) is 9.88 Å². The van der Waals surface area contributed by atoms with E-state index in [4.69, 9.17) is 0 Å². The van der Waals surface area contributed by atoms with E-state index in [0.717, 1.165) is 42.3 Å². The Morgan fingerprint density at radius 3 is 2.71 bits per heavy atom. The molecule has 1 aliphatic heterocycles. The molecule has 0 radical (unpaired) electrons. The number of para-hydroxylation sites is 1. The van der Waals surface area contributed by atoms with Gasteiger partial charge in [0.2, 0.25) is 0 Å². The van der Waals surface area contributed by atoms with Crippen LogP contribution in [0.2, 0.25) is 0 Å². The molecule has 144 valence electrons. The molecular formula is C24H26N2O2. The zero-order valence-corrected chi connectivity index (χ0v) is 16.2. The van der Waals surface area contributed by atoms with Crippen molar-refractivity contribution in [2.45, 2.75) is 32.2 Å². The van der Waals surface area contributed by atoms with Crippen LogP contribution in [-0.2, 0) is 11.2 Å². The second-order valence-electron chi connectivity index (χ2n) is 7.63. The highest BCUT2D eigenvalue weighted by molar-refractivity contribution is 5.79. The molecular weight excluding hydrogens is 348 g/mol. The van der Waals surface area contributed by atoms with E-state index < -0.39 is 5.97 Å². The molecule has 4 heteroatoms. The maximum atomic E-state index is 11.6. The lowest BCUT2D eigenvalue weighted by Gasteiger charge is -2.37. The van der Waals surface area contributed by atoms with Crippen molar-refractivity contribution in [2.75, 3.05) is 13.1 Å². The van der Waals surface area contributed by atoms with Gasteiger partial charge < -0.3 is 5.11 Å². The number of benzene rings is 2. The average Bonchev–Trinajstić information content (AvgIpc) is 2.74. The number of piperidine rings is 1. The second-order valence-corrected chi connectivity index (χ2v) is 7.63. The lowest BCUT2D eigenvalue weighted by molar-refractivity contribution is -0.143. The Morgan fingerprint density at radius 1 is 1.18 bits per heavy atom. The quantitative estimate of drug-likeness (QED) is 0.704. The number of hydrogen-bond acceptors (Lipinski definition) is 3. The monoisotopic (exact) mass is 374 g/mol. The molecule has 4 rings (SSSR count). The van der Waals surface area contributed by atoms with Crippen LogP contribution in [0.4, 0.5) is 0 Å². The summed E-state index contributed by atoms with van der Waals surface area (Å²) in [6, 6.07) is 19.1. The number of rotatable bonds is 5. The normalized spacial score (nSPS) is 18.8. The first kappa shape index (κ1) is 18.6. The van der Waals surface area contributed by atoms with Crippen LogP contribution in [0.15, 0.2) is 60.8 Å². The topological polar surface area (TPSA) is 53.4 Å². The van der Waals surface area contributed by atoms with Crippen LogP contribution in [0.3, 0.4) is 0 Å². The standard InChI is InChI=1S/C24H26N2O2/c1-2-17-9-11-18(12-10-17)23(26-13-5-7-20(16-26)24(27)28)21-14-19-6-3-4-8-22(19)25-15-21/h3-4,6,8-12,14-15,20,23H,2,5,7,13,16H2,1H3,(H,27,28).